The molecule has 134 valence electrons. The summed E-state index contributed by atoms with van der Waals surface area (Å²) >= 11 is 1.44. The van der Waals surface area contributed by atoms with Crippen LogP contribution in [0.3, 0.4) is 0 Å². The van der Waals surface area contributed by atoms with Crippen molar-refractivity contribution < 1.29 is 19.0 Å². The molecule has 2 N–H and O–H groups in total. The second-order valence-corrected chi connectivity index (χ2v) is 6.32. The molecule has 1 aromatic carbocycles. The Morgan fingerprint density at radius 1 is 1.38 bits per heavy atom. The third kappa shape index (κ3) is 3.80. The Bertz CT molecular complexity index is 959. The summed E-state index contributed by atoms with van der Waals surface area (Å²) in [6.07, 6.45) is 1.84. The summed E-state index contributed by atoms with van der Waals surface area (Å²) < 4.78 is 19.9. The number of aryl methyl sites for hydroxylation is 1. The average Bonchev–Trinajstić information content (AvgIpc) is 3.01. The highest BCUT2D eigenvalue weighted by Crippen LogP contribution is 2.32. The first-order valence-electron chi connectivity index (χ1n) is 7.85. The van der Waals surface area contributed by atoms with E-state index < -0.39 is 11.8 Å². The van der Waals surface area contributed by atoms with Gasteiger partial charge in [0.15, 0.2) is 16.7 Å². The molecular weight excluding hydrogens is 357 g/mol. The van der Waals surface area contributed by atoms with E-state index in [2.05, 4.69) is 15.3 Å². The first kappa shape index (κ1) is 17.8. The van der Waals surface area contributed by atoms with Crippen molar-refractivity contribution in [1.29, 1.82) is 0 Å². The lowest BCUT2D eigenvalue weighted by atomic mass is 10.0. The Morgan fingerprint density at radius 3 is 2.85 bits per heavy atom. The number of pyridine rings is 1. The fourth-order valence-electron chi connectivity index (χ4n) is 2.44. The number of anilines is 2. The molecule has 0 unspecified atom stereocenters. The lowest BCUT2D eigenvalue weighted by Gasteiger charge is -2.14. The number of aromatic carboxylic acids is 1. The second-order valence-electron chi connectivity index (χ2n) is 5.46. The van der Waals surface area contributed by atoms with Crippen LogP contribution in [0.5, 0.6) is 11.5 Å². The van der Waals surface area contributed by atoms with Crippen molar-refractivity contribution in [3.63, 3.8) is 0 Å². The van der Waals surface area contributed by atoms with E-state index in [0.717, 1.165) is 11.8 Å². The van der Waals surface area contributed by atoms with Crippen molar-refractivity contribution in [1.82, 2.24) is 9.97 Å². The Balaban J connectivity index is 1.91. The molecule has 0 spiro atoms. The molecule has 0 fully saturated rings. The van der Waals surface area contributed by atoms with Gasteiger partial charge in [0.1, 0.15) is 11.6 Å². The Hall–Kier alpha value is -3.00. The largest absolute Gasteiger partial charge is 0.478 e. The van der Waals surface area contributed by atoms with Gasteiger partial charge in [-0.25, -0.2) is 19.2 Å². The molecule has 0 radical (unpaired) electrons. The van der Waals surface area contributed by atoms with Crippen LogP contribution in [0.4, 0.5) is 15.3 Å². The number of carbonyl (C=O) groups is 1. The Morgan fingerprint density at radius 2 is 2.19 bits per heavy atom. The predicted octanol–water partition coefficient (Wildman–Crippen LogP) is 4.78. The van der Waals surface area contributed by atoms with E-state index in [-0.39, 0.29) is 11.3 Å². The number of carboxylic acid groups (broad SMARTS) is 1. The number of halogens is 1. The summed E-state index contributed by atoms with van der Waals surface area (Å²) in [5, 5.41) is 14.9. The highest BCUT2D eigenvalue weighted by Gasteiger charge is 2.18. The van der Waals surface area contributed by atoms with Crippen molar-refractivity contribution in [3.05, 3.63) is 58.5 Å². The minimum Gasteiger partial charge on any atom is -0.478 e. The predicted molar refractivity (Wildman–Crippen MR) is 97.2 cm³/mol. The van der Waals surface area contributed by atoms with Gasteiger partial charge in [-0.05, 0) is 31.5 Å². The number of hydrogen-bond acceptors (Lipinski definition) is 6. The molecule has 8 heteroatoms. The normalized spacial score (nSPS) is 10.6. The molecule has 26 heavy (non-hydrogen) atoms. The smallest absolute Gasteiger partial charge is 0.336 e. The molecule has 3 rings (SSSR count). The van der Waals surface area contributed by atoms with Gasteiger partial charge in [-0.3, -0.25) is 0 Å². The van der Waals surface area contributed by atoms with Gasteiger partial charge in [0.05, 0.1) is 11.3 Å². The molecule has 0 saturated carbocycles. The van der Waals surface area contributed by atoms with Gasteiger partial charge in [0, 0.05) is 23.2 Å². The summed E-state index contributed by atoms with van der Waals surface area (Å²) in [6, 6.07) is 5.51. The standard InChI is InChI=1S/C18H16FN3O3S/c1-3-12-13(17(23)24)4-5-14(19)16(12)25-11-6-7-20-15(8-11)22-18-21-10(2)9-26-18/h4-9H,3H2,1-2H3,(H,23,24)(H,20,21,22). The third-order valence-electron chi connectivity index (χ3n) is 3.60. The zero-order valence-corrected chi connectivity index (χ0v) is 14.9. The average molecular weight is 373 g/mol. The maximum atomic E-state index is 14.3. The summed E-state index contributed by atoms with van der Waals surface area (Å²) in [6.45, 7) is 3.64. The van der Waals surface area contributed by atoms with Crippen LogP contribution in [0, 0.1) is 12.7 Å². The summed E-state index contributed by atoms with van der Waals surface area (Å²) in [5.74, 6) is -0.997. The molecule has 0 amide bonds. The molecule has 0 bridgehead atoms. The van der Waals surface area contributed by atoms with E-state index in [4.69, 9.17) is 4.74 Å². The van der Waals surface area contributed by atoms with Gasteiger partial charge in [0.25, 0.3) is 0 Å². The summed E-state index contributed by atoms with van der Waals surface area (Å²) in [5.41, 5.74) is 1.22. The van der Waals surface area contributed by atoms with Gasteiger partial charge < -0.3 is 15.2 Å². The van der Waals surface area contributed by atoms with Crippen molar-refractivity contribution in [2.45, 2.75) is 20.3 Å². The number of rotatable bonds is 6. The van der Waals surface area contributed by atoms with Gasteiger partial charge in [-0.2, -0.15) is 0 Å². The van der Waals surface area contributed by atoms with Crippen LogP contribution < -0.4 is 10.1 Å². The first-order chi connectivity index (χ1) is 12.5. The number of carboxylic acids is 1. The lowest BCUT2D eigenvalue weighted by Crippen LogP contribution is -2.05. The van der Waals surface area contributed by atoms with Crippen LogP contribution in [0.1, 0.15) is 28.5 Å². The van der Waals surface area contributed by atoms with Gasteiger partial charge in [-0.1, -0.05) is 6.92 Å². The van der Waals surface area contributed by atoms with Gasteiger partial charge in [-0.15, -0.1) is 11.3 Å². The monoisotopic (exact) mass is 373 g/mol. The highest BCUT2D eigenvalue weighted by molar-refractivity contribution is 7.13. The summed E-state index contributed by atoms with van der Waals surface area (Å²) in [4.78, 5) is 19.8. The Labute approximate surface area is 153 Å². The molecular formula is C18H16FN3O3S. The fourth-order valence-corrected chi connectivity index (χ4v) is 3.14. The molecule has 6 nitrogen and oxygen atoms in total. The van der Waals surface area contributed by atoms with Crippen LogP contribution in [0.25, 0.3) is 0 Å². The Kier molecular flexibility index (Phi) is 5.13. The molecule has 0 aliphatic heterocycles. The van der Waals surface area contributed by atoms with E-state index in [1.54, 1.807) is 19.1 Å². The number of thiazole rings is 1. The molecule has 0 saturated heterocycles. The minimum absolute atomic E-state index is 0.0227. The van der Waals surface area contributed by atoms with E-state index in [0.29, 0.717) is 28.7 Å². The number of aromatic nitrogens is 2. The van der Waals surface area contributed by atoms with Crippen LogP contribution >= 0.6 is 11.3 Å². The highest BCUT2D eigenvalue weighted by atomic mass is 32.1. The van der Waals surface area contributed by atoms with Crippen molar-refractivity contribution in [2.75, 3.05) is 5.32 Å². The molecule has 0 aliphatic rings. The zero-order valence-electron chi connectivity index (χ0n) is 14.1. The van der Waals surface area contributed by atoms with E-state index >= 15 is 0 Å². The lowest BCUT2D eigenvalue weighted by molar-refractivity contribution is 0.0695. The minimum atomic E-state index is -1.12. The number of benzene rings is 1. The fraction of sp³-hybridized carbons (Fsp3) is 0.167. The van der Waals surface area contributed by atoms with E-state index in [1.807, 2.05) is 12.3 Å². The van der Waals surface area contributed by atoms with Crippen LogP contribution in [-0.4, -0.2) is 21.0 Å². The third-order valence-corrected chi connectivity index (χ3v) is 4.48. The zero-order chi connectivity index (χ0) is 18.7. The van der Waals surface area contributed by atoms with Crippen LogP contribution in [0.15, 0.2) is 35.8 Å². The molecule has 0 aliphatic carbocycles. The maximum Gasteiger partial charge on any atom is 0.336 e. The first-order valence-corrected chi connectivity index (χ1v) is 8.73. The van der Waals surface area contributed by atoms with Crippen LogP contribution in [0.2, 0.25) is 0 Å². The van der Waals surface area contributed by atoms with Gasteiger partial charge >= 0.3 is 5.97 Å². The van der Waals surface area contributed by atoms with Crippen molar-refractivity contribution in [3.8, 4) is 11.5 Å². The molecule has 2 heterocycles. The van der Waals surface area contributed by atoms with Crippen LogP contribution in [-0.2, 0) is 6.42 Å². The summed E-state index contributed by atoms with van der Waals surface area (Å²) in [7, 11) is 0. The topological polar surface area (TPSA) is 84.3 Å². The van der Waals surface area contributed by atoms with Crippen molar-refractivity contribution in [2.24, 2.45) is 0 Å². The second kappa shape index (κ2) is 7.49. The van der Waals surface area contributed by atoms with Gasteiger partial charge in [0.2, 0.25) is 0 Å². The van der Waals surface area contributed by atoms with E-state index in [1.165, 1.54) is 23.6 Å². The maximum absolute atomic E-state index is 14.3. The van der Waals surface area contributed by atoms with E-state index in [9.17, 15) is 14.3 Å². The molecule has 0 atom stereocenters. The quantitative estimate of drug-likeness (QED) is 0.647. The number of nitrogens with zero attached hydrogens (tertiary/aromatic N) is 2. The number of nitrogens with one attached hydrogen (secondary N) is 1. The molecule has 2 aromatic heterocycles. The van der Waals surface area contributed by atoms with Crippen molar-refractivity contribution >= 4 is 28.3 Å². The SMILES string of the molecule is CCc1c(C(=O)O)ccc(F)c1Oc1ccnc(Nc2nc(C)cs2)c1. The molecule has 3 aromatic rings. The number of ether oxygens (including phenoxy) is 1. The number of hydrogen-bond donors (Lipinski definition) is 2.